The zero-order valence-electron chi connectivity index (χ0n) is 15.0. The van der Waals surface area contributed by atoms with Gasteiger partial charge in [0.1, 0.15) is 0 Å². The standard InChI is InChI=1S/C18H20N2O5S2/c1-19(27(2,24)25)14-10-12(9-13(11-14)18(22)23)17(21)20-7-3-5-15(20)16-6-4-8-26-16/h4,6,8-11,15H,3,5,7H2,1-2H3,(H,22,23). The maximum absolute atomic E-state index is 13.1. The number of likely N-dealkylation sites (tertiary alicyclic amines) is 1. The molecule has 1 N–H and O–H groups in total. The van der Waals surface area contributed by atoms with Crippen LogP contribution in [-0.4, -0.2) is 50.1 Å². The first-order valence-electron chi connectivity index (χ1n) is 8.35. The highest BCUT2D eigenvalue weighted by Crippen LogP contribution is 2.36. The number of anilines is 1. The van der Waals surface area contributed by atoms with Crippen molar-refractivity contribution in [1.29, 1.82) is 0 Å². The van der Waals surface area contributed by atoms with Crippen LogP contribution in [0.2, 0.25) is 0 Å². The summed E-state index contributed by atoms with van der Waals surface area (Å²) in [5.74, 6) is -1.51. The molecular weight excluding hydrogens is 388 g/mol. The summed E-state index contributed by atoms with van der Waals surface area (Å²) in [7, 11) is -2.26. The molecule has 2 heterocycles. The Hall–Kier alpha value is -2.39. The van der Waals surface area contributed by atoms with Crippen LogP contribution in [0.25, 0.3) is 0 Å². The average molecular weight is 409 g/mol. The lowest BCUT2D eigenvalue weighted by Gasteiger charge is -2.25. The second kappa shape index (κ2) is 7.32. The maximum atomic E-state index is 13.1. The van der Waals surface area contributed by atoms with Crippen LogP contribution in [0.1, 0.15) is 44.5 Å². The summed E-state index contributed by atoms with van der Waals surface area (Å²) in [6.45, 7) is 0.579. The molecule has 0 saturated carbocycles. The number of hydrogen-bond donors (Lipinski definition) is 1. The highest BCUT2D eigenvalue weighted by Gasteiger charge is 2.32. The molecule has 3 rings (SSSR count). The van der Waals surface area contributed by atoms with Gasteiger partial charge in [0.15, 0.2) is 0 Å². The minimum atomic E-state index is -3.59. The van der Waals surface area contributed by atoms with E-state index < -0.39 is 16.0 Å². The van der Waals surface area contributed by atoms with Gasteiger partial charge in [-0.05, 0) is 42.5 Å². The zero-order valence-corrected chi connectivity index (χ0v) is 16.6. The second-order valence-corrected chi connectivity index (χ2v) is 9.47. The highest BCUT2D eigenvalue weighted by molar-refractivity contribution is 7.92. The predicted molar refractivity (Wildman–Crippen MR) is 104 cm³/mol. The molecule has 9 heteroatoms. The van der Waals surface area contributed by atoms with Crippen LogP contribution in [0.4, 0.5) is 5.69 Å². The Morgan fingerprint density at radius 3 is 2.56 bits per heavy atom. The summed E-state index contributed by atoms with van der Waals surface area (Å²) in [6.07, 6.45) is 2.74. The molecule has 0 radical (unpaired) electrons. The summed E-state index contributed by atoms with van der Waals surface area (Å²) in [6, 6.07) is 7.86. The van der Waals surface area contributed by atoms with E-state index in [4.69, 9.17) is 0 Å². The van der Waals surface area contributed by atoms with Crippen LogP contribution in [-0.2, 0) is 10.0 Å². The van der Waals surface area contributed by atoms with Crippen molar-refractivity contribution in [1.82, 2.24) is 4.90 Å². The molecule has 1 aliphatic rings. The van der Waals surface area contributed by atoms with Crippen molar-refractivity contribution < 1.29 is 23.1 Å². The van der Waals surface area contributed by atoms with E-state index in [-0.39, 0.29) is 28.8 Å². The van der Waals surface area contributed by atoms with Gasteiger partial charge >= 0.3 is 5.97 Å². The van der Waals surface area contributed by atoms with Crippen LogP contribution < -0.4 is 4.31 Å². The number of hydrogen-bond acceptors (Lipinski definition) is 5. The Morgan fingerprint density at radius 2 is 1.96 bits per heavy atom. The van der Waals surface area contributed by atoms with Gasteiger partial charge in [0.05, 0.1) is 23.5 Å². The van der Waals surface area contributed by atoms with E-state index in [1.165, 1.54) is 25.2 Å². The molecule has 1 aromatic carbocycles. The van der Waals surface area contributed by atoms with E-state index in [0.29, 0.717) is 6.54 Å². The Kier molecular flexibility index (Phi) is 5.25. The van der Waals surface area contributed by atoms with Gasteiger partial charge in [-0.2, -0.15) is 0 Å². The molecule has 1 aliphatic heterocycles. The molecule has 1 amide bonds. The number of sulfonamides is 1. The Morgan fingerprint density at radius 1 is 1.26 bits per heavy atom. The van der Waals surface area contributed by atoms with Crippen molar-refractivity contribution >= 4 is 38.9 Å². The summed E-state index contributed by atoms with van der Waals surface area (Å²) < 4.78 is 24.7. The average Bonchev–Trinajstić information content (AvgIpc) is 3.29. The summed E-state index contributed by atoms with van der Waals surface area (Å²) in [5.41, 5.74) is 0.190. The Labute approximate surface area is 161 Å². The molecule has 1 fully saturated rings. The second-order valence-electron chi connectivity index (χ2n) is 6.48. The Balaban J connectivity index is 2.01. The van der Waals surface area contributed by atoms with E-state index in [9.17, 15) is 23.1 Å². The van der Waals surface area contributed by atoms with E-state index in [2.05, 4.69) is 0 Å². The number of nitrogens with zero attached hydrogens (tertiary/aromatic N) is 2. The first-order chi connectivity index (χ1) is 12.7. The first kappa shape index (κ1) is 19.4. The van der Waals surface area contributed by atoms with E-state index >= 15 is 0 Å². The van der Waals surface area contributed by atoms with Crippen molar-refractivity contribution in [3.63, 3.8) is 0 Å². The molecule has 1 aromatic heterocycles. The lowest BCUT2D eigenvalue weighted by Crippen LogP contribution is -2.31. The minimum Gasteiger partial charge on any atom is -0.478 e. The molecule has 27 heavy (non-hydrogen) atoms. The fourth-order valence-corrected chi connectivity index (χ4v) is 4.55. The largest absolute Gasteiger partial charge is 0.478 e. The first-order valence-corrected chi connectivity index (χ1v) is 11.1. The number of rotatable bonds is 5. The molecule has 2 aromatic rings. The number of carbonyl (C=O) groups excluding carboxylic acids is 1. The quantitative estimate of drug-likeness (QED) is 0.821. The highest BCUT2D eigenvalue weighted by atomic mass is 32.2. The predicted octanol–water partition coefficient (Wildman–Crippen LogP) is 2.82. The molecule has 7 nitrogen and oxygen atoms in total. The van der Waals surface area contributed by atoms with Crippen LogP contribution >= 0.6 is 11.3 Å². The van der Waals surface area contributed by atoms with Gasteiger partial charge < -0.3 is 10.0 Å². The molecular formula is C18H20N2O5S2. The van der Waals surface area contributed by atoms with Gasteiger partial charge in [-0.15, -0.1) is 11.3 Å². The third-order valence-electron chi connectivity index (χ3n) is 4.66. The SMILES string of the molecule is CN(c1cc(C(=O)O)cc(C(=O)N2CCCC2c2cccs2)c1)S(C)(=O)=O. The van der Waals surface area contributed by atoms with Crippen LogP contribution in [0, 0.1) is 0 Å². The fourth-order valence-electron chi connectivity index (χ4n) is 3.18. The third-order valence-corrected chi connectivity index (χ3v) is 6.84. The van der Waals surface area contributed by atoms with Gasteiger partial charge in [-0.3, -0.25) is 9.10 Å². The molecule has 1 atom stereocenters. The van der Waals surface area contributed by atoms with E-state index in [1.807, 2.05) is 17.5 Å². The van der Waals surface area contributed by atoms with Gasteiger partial charge in [0.25, 0.3) is 5.91 Å². The van der Waals surface area contributed by atoms with Crippen molar-refractivity contribution in [2.45, 2.75) is 18.9 Å². The normalized spacial score (nSPS) is 17.1. The fraction of sp³-hybridized carbons (Fsp3) is 0.333. The lowest BCUT2D eigenvalue weighted by atomic mass is 10.1. The van der Waals surface area contributed by atoms with Crippen LogP contribution in [0.5, 0.6) is 0 Å². The zero-order chi connectivity index (χ0) is 19.8. The maximum Gasteiger partial charge on any atom is 0.335 e. The smallest absolute Gasteiger partial charge is 0.335 e. The molecule has 0 spiro atoms. The molecule has 1 saturated heterocycles. The summed E-state index contributed by atoms with van der Waals surface area (Å²) >= 11 is 1.58. The van der Waals surface area contributed by atoms with Crippen LogP contribution in [0.3, 0.4) is 0 Å². The molecule has 1 unspecified atom stereocenters. The molecule has 0 aliphatic carbocycles. The van der Waals surface area contributed by atoms with E-state index in [1.54, 1.807) is 16.2 Å². The summed E-state index contributed by atoms with van der Waals surface area (Å²) in [4.78, 5) is 27.4. The number of aromatic carboxylic acids is 1. The van der Waals surface area contributed by atoms with Crippen molar-refractivity contribution in [2.75, 3.05) is 24.2 Å². The molecule has 144 valence electrons. The third kappa shape index (κ3) is 3.98. The van der Waals surface area contributed by atoms with Gasteiger partial charge in [-0.1, -0.05) is 6.07 Å². The topological polar surface area (TPSA) is 95.0 Å². The van der Waals surface area contributed by atoms with Crippen LogP contribution in [0.15, 0.2) is 35.7 Å². The van der Waals surface area contributed by atoms with E-state index in [0.717, 1.165) is 28.3 Å². The van der Waals surface area contributed by atoms with Gasteiger partial charge in [0, 0.05) is 24.0 Å². The Bertz CT molecular complexity index is 970. The van der Waals surface area contributed by atoms with Crippen molar-refractivity contribution in [3.8, 4) is 0 Å². The number of thiophene rings is 1. The number of carboxylic acids is 1. The minimum absolute atomic E-state index is 0.0397. The monoisotopic (exact) mass is 408 g/mol. The number of carbonyl (C=O) groups is 2. The molecule has 0 bridgehead atoms. The lowest BCUT2D eigenvalue weighted by molar-refractivity contribution is 0.0697. The van der Waals surface area contributed by atoms with Gasteiger partial charge in [0.2, 0.25) is 10.0 Å². The van der Waals surface area contributed by atoms with Gasteiger partial charge in [-0.25, -0.2) is 13.2 Å². The van der Waals surface area contributed by atoms with Crippen molar-refractivity contribution in [2.24, 2.45) is 0 Å². The number of carboxylic acid groups (broad SMARTS) is 1. The van der Waals surface area contributed by atoms with Crippen molar-refractivity contribution in [3.05, 3.63) is 51.7 Å². The summed E-state index contributed by atoms with van der Waals surface area (Å²) in [5, 5.41) is 11.3. The number of amides is 1. The number of benzene rings is 1.